The van der Waals surface area contributed by atoms with Gasteiger partial charge >= 0.3 is 0 Å². The van der Waals surface area contributed by atoms with Gasteiger partial charge in [-0.3, -0.25) is 4.79 Å². The highest BCUT2D eigenvalue weighted by Crippen LogP contribution is 2.14. The van der Waals surface area contributed by atoms with Crippen molar-refractivity contribution >= 4 is 16.6 Å². The maximum atomic E-state index is 13.4. The molecule has 0 saturated carbocycles. The Morgan fingerprint density at radius 2 is 2.33 bits per heavy atom. The molecule has 1 aromatic carbocycles. The molecule has 15 heavy (non-hydrogen) atoms. The number of rotatable bonds is 2. The molecule has 0 aliphatic rings. The van der Waals surface area contributed by atoms with Crippen LogP contribution in [0.4, 0.5) is 10.1 Å². The van der Waals surface area contributed by atoms with Crippen molar-refractivity contribution in [1.29, 1.82) is 0 Å². The first kappa shape index (κ1) is 9.75. The van der Waals surface area contributed by atoms with Crippen LogP contribution in [0.3, 0.4) is 0 Å². The van der Waals surface area contributed by atoms with Gasteiger partial charge in [-0.25, -0.2) is 14.2 Å². The van der Waals surface area contributed by atoms with Crippen molar-refractivity contribution in [3.63, 3.8) is 0 Å². The maximum absolute atomic E-state index is 13.4. The lowest BCUT2D eigenvalue weighted by Gasteiger charge is -2.00. The van der Waals surface area contributed by atoms with Gasteiger partial charge in [0.25, 0.3) is 5.56 Å². The quantitative estimate of drug-likeness (QED) is 0.533. The normalized spacial score (nSPS) is 10.8. The van der Waals surface area contributed by atoms with Crippen LogP contribution < -0.4 is 11.0 Å². The van der Waals surface area contributed by atoms with E-state index in [0.717, 1.165) is 0 Å². The first-order valence-electron chi connectivity index (χ1n) is 4.25. The molecule has 6 heteroatoms. The first-order valence-corrected chi connectivity index (χ1v) is 4.25. The third kappa shape index (κ3) is 1.72. The number of fused-ring (bicyclic) bond motifs is 1. The molecule has 0 radical (unpaired) electrons. The van der Waals surface area contributed by atoms with Crippen LogP contribution in [0.5, 0.6) is 0 Å². The fourth-order valence-electron chi connectivity index (χ4n) is 1.32. The standard InChI is InChI=1S/C9H8FN3O2/c1-15-13-8-2-5-7(3-6(8)10)11-4-12-9(5)14/h2-4,13H,1H3,(H,11,12,14)/p+1. The predicted octanol–water partition coefficient (Wildman–Crippen LogP) is -0.181. The Balaban J connectivity index is 2.72. The van der Waals surface area contributed by atoms with E-state index < -0.39 is 5.82 Å². The highest BCUT2D eigenvalue weighted by Gasteiger charge is 2.10. The molecule has 0 unspecified atom stereocenters. The molecule has 1 aromatic heterocycles. The van der Waals surface area contributed by atoms with Crippen molar-refractivity contribution in [2.45, 2.75) is 0 Å². The number of nitrogens with zero attached hydrogens (tertiary/aromatic N) is 1. The molecule has 2 aromatic rings. The summed E-state index contributed by atoms with van der Waals surface area (Å²) in [6.07, 6.45) is 1.24. The predicted molar refractivity (Wildman–Crippen MR) is 50.9 cm³/mol. The number of aromatic nitrogens is 2. The van der Waals surface area contributed by atoms with Gasteiger partial charge in [-0.05, 0) is 0 Å². The van der Waals surface area contributed by atoms with Gasteiger partial charge in [-0.2, -0.15) is 5.48 Å². The lowest BCUT2D eigenvalue weighted by Crippen LogP contribution is -2.76. The first-order chi connectivity index (χ1) is 7.22. The van der Waals surface area contributed by atoms with Crippen molar-refractivity contribution in [1.82, 2.24) is 9.97 Å². The molecule has 78 valence electrons. The van der Waals surface area contributed by atoms with E-state index in [2.05, 4.69) is 9.97 Å². The molecule has 0 aliphatic heterocycles. The molecular formula is C9H9FN3O2+. The van der Waals surface area contributed by atoms with Crippen molar-refractivity contribution in [3.8, 4) is 0 Å². The Bertz CT molecular complexity index is 553. The second-order valence-corrected chi connectivity index (χ2v) is 2.98. The molecule has 1 heterocycles. The molecule has 0 aliphatic carbocycles. The van der Waals surface area contributed by atoms with Crippen molar-refractivity contribution in [2.75, 3.05) is 7.11 Å². The molecule has 0 fully saturated rings. The van der Waals surface area contributed by atoms with E-state index in [4.69, 9.17) is 4.84 Å². The van der Waals surface area contributed by atoms with Crippen LogP contribution >= 0.6 is 0 Å². The van der Waals surface area contributed by atoms with Crippen LogP contribution in [0, 0.1) is 5.82 Å². The van der Waals surface area contributed by atoms with E-state index in [-0.39, 0.29) is 11.2 Å². The molecular weight excluding hydrogens is 201 g/mol. The Morgan fingerprint density at radius 1 is 1.53 bits per heavy atom. The smallest absolute Gasteiger partial charge is 0.258 e. The summed E-state index contributed by atoms with van der Waals surface area (Å²) in [5.41, 5.74) is 1.49. The molecule has 0 saturated heterocycles. The molecule has 0 atom stereocenters. The average Bonchev–Trinajstić information content (AvgIpc) is 2.21. The lowest BCUT2D eigenvalue weighted by molar-refractivity contribution is -0.831. The third-order valence-corrected chi connectivity index (χ3v) is 2.00. The number of quaternary nitrogens is 1. The fourth-order valence-corrected chi connectivity index (χ4v) is 1.32. The Morgan fingerprint density at radius 3 is 3.07 bits per heavy atom. The number of H-pyrrole nitrogens is 1. The van der Waals surface area contributed by atoms with Gasteiger partial charge in [0, 0.05) is 12.1 Å². The zero-order valence-corrected chi connectivity index (χ0v) is 7.95. The van der Waals surface area contributed by atoms with Gasteiger partial charge in [-0.1, -0.05) is 0 Å². The largest absolute Gasteiger partial charge is 0.313 e. The number of halogens is 1. The van der Waals surface area contributed by atoms with Crippen LogP contribution in [-0.2, 0) is 4.84 Å². The average molecular weight is 210 g/mol. The van der Waals surface area contributed by atoms with Crippen molar-refractivity contribution in [2.24, 2.45) is 0 Å². The Labute approximate surface area is 83.9 Å². The van der Waals surface area contributed by atoms with Crippen LogP contribution in [0.15, 0.2) is 23.3 Å². The van der Waals surface area contributed by atoms with Crippen LogP contribution in [0.1, 0.15) is 0 Å². The molecule has 0 bridgehead atoms. The van der Waals surface area contributed by atoms with E-state index in [1.54, 1.807) is 0 Å². The summed E-state index contributed by atoms with van der Waals surface area (Å²) >= 11 is 0. The van der Waals surface area contributed by atoms with Gasteiger partial charge in [0.1, 0.15) is 0 Å². The van der Waals surface area contributed by atoms with Crippen LogP contribution in [0.2, 0.25) is 0 Å². The van der Waals surface area contributed by atoms with Crippen molar-refractivity contribution in [3.05, 3.63) is 34.6 Å². The number of hydrogen-bond acceptors (Lipinski definition) is 3. The zero-order chi connectivity index (χ0) is 10.8. The van der Waals surface area contributed by atoms with Gasteiger partial charge in [0.05, 0.1) is 24.3 Å². The number of hydrogen-bond donors (Lipinski definition) is 2. The minimum absolute atomic E-state index is 0.225. The third-order valence-electron chi connectivity index (χ3n) is 2.00. The van der Waals surface area contributed by atoms with Crippen LogP contribution in [0.25, 0.3) is 10.9 Å². The van der Waals surface area contributed by atoms with E-state index in [9.17, 15) is 9.18 Å². The topological polar surface area (TPSA) is 71.6 Å². The summed E-state index contributed by atoms with van der Waals surface area (Å²) in [6.45, 7) is 0. The van der Waals surface area contributed by atoms with E-state index >= 15 is 0 Å². The molecule has 3 N–H and O–H groups in total. The van der Waals surface area contributed by atoms with Crippen molar-refractivity contribution < 1.29 is 14.7 Å². The van der Waals surface area contributed by atoms with E-state index in [0.29, 0.717) is 10.9 Å². The van der Waals surface area contributed by atoms with E-state index in [1.807, 2.05) is 0 Å². The Kier molecular flexibility index (Phi) is 2.44. The summed E-state index contributed by atoms with van der Waals surface area (Å²) in [5, 5.41) is 0.335. The molecule has 0 spiro atoms. The highest BCUT2D eigenvalue weighted by atomic mass is 19.1. The van der Waals surface area contributed by atoms with E-state index in [1.165, 1.54) is 31.0 Å². The summed E-state index contributed by atoms with van der Waals surface area (Å²) in [5.74, 6) is -0.470. The summed E-state index contributed by atoms with van der Waals surface area (Å²) in [6, 6.07) is 2.61. The lowest BCUT2D eigenvalue weighted by atomic mass is 10.2. The summed E-state index contributed by atoms with van der Waals surface area (Å²) in [4.78, 5) is 22.3. The molecule has 5 nitrogen and oxygen atoms in total. The van der Waals surface area contributed by atoms with Gasteiger partial charge < -0.3 is 4.98 Å². The number of benzene rings is 1. The molecule has 0 amide bonds. The minimum Gasteiger partial charge on any atom is -0.313 e. The second kappa shape index (κ2) is 3.76. The van der Waals surface area contributed by atoms with Crippen LogP contribution in [-0.4, -0.2) is 17.1 Å². The van der Waals surface area contributed by atoms with Gasteiger partial charge in [-0.15, -0.1) is 0 Å². The molecule has 2 rings (SSSR count). The maximum Gasteiger partial charge on any atom is 0.258 e. The monoisotopic (exact) mass is 210 g/mol. The zero-order valence-electron chi connectivity index (χ0n) is 7.95. The number of nitrogens with one attached hydrogen (secondary N) is 1. The summed E-state index contributed by atoms with van der Waals surface area (Å²) < 4.78 is 13.4. The fraction of sp³-hybridized carbons (Fsp3) is 0.111. The van der Waals surface area contributed by atoms with Gasteiger partial charge in [0.2, 0.25) is 0 Å². The SMILES string of the molecule is CO[NH2+]c1cc2c(=O)[nH]cnc2cc1F. The highest BCUT2D eigenvalue weighted by molar-refractivity contribution is 5.79. The number of nitrogens with two attached hydrogens (primary N) is 1. The van der Waals surface area contributed by atoms with Gasteiger partial charge in [0.15, 0.2) is 11.5 Å². The Hall–Kier alpha value is -1.79. The second-order valence-electron chi connectivity index (χ2n) is 2.98. The minimum atomic E-state index is -0.470. The summed E-state index contributed by atoms with van der Waals surface area (Å²) in [7, 11) is 1.41. The number of aromatic amines is 1.